The van der Waals surface area contributed by atoms with Gasteiger partial charge in [0.1, 0.15) is 6.61 Å². The molecule has 0 spiro atoms. The van der Waals surface area contributed by atoms with Gasteiger partial charge in [0.05, 0.1) is 5.92 Å². The molecule has 1 rings (SSSR count). The van der Waals surface area contributed by atoms with E-state index in [0.717, 1.165) is 17.9 Å². The molecule has 1 N–H and O–H groups in total. The highest BCUT2D eigenvalue weighted by Crippen LogP contribution is 2.33. The maximum atomic E-state index is 11.5. The first-order valence-electron chi connectivity index (χ1n) is 7.28. The molecule has 22 heavy (non-hydrogen) atoms. The second-order valence-electron chi connectivity index (χ2n) is 5.38. The van der Waals surface area contributed by atoms with Crippen LogP contribution in [0, 0.1) is 5.92 Å². The first kappa shape index (κ1) is 21.4. The quantitative estimate of drug-likeness (QED) is 0.397. The Morgan fingerprint density at radius 2 is 1.91 bits per heavy atom. The lowest BCUT2D eigenvalue weighted by Gasteiger charge is -2.11. The van der Waals surface area contributed by atoms with Gasteiger partial charge < -0.3 is 10.1 Å². The molecule has 3 nitrogen and oxygen atoms in total. The van der Waals surface area contributed by atoms with Gasteiger partial charge in [0.15, 0.2) is 0 Å². The maximum Gasteiger partial charge on any atom is 0.308 e. The Morgan fingerprint density at radius 1 is 1.23 bits per heavy atom. The van der Waals surface area contributed by atoms with E-state index in [0.29, 0.717) is 12.6 Å². The van der Waals surface area contributed by atoms with Crippen molar-refractivity contribution in [2.24, 2.45) is 5.92 Å². The zero-order valence-electron chi connectivity index (χ0n) is 13.2. The van der Waals surface area contributed by atoms with Gasteiger partial charge in [-0.25, -0.2) is 0 Å². The molecular weight excluding hydrogens is 314 g/mol. The van der Waals surface area contributed by atoms with Crippen LogP contribution in [-0.2, 0) is 16.1 Å². The van der Waals surface area contributed by atoms with Crippen LogP contribution in [0.25, 0.3) is 0 Å². The fraction of sp³-hybridized carbons (Fsp3) is 0.588. The summed E-state index contributed by atoms with van der Waals surface area (Å²) in [6, 6.07) is 8.62. The standard InChI is InChI=1S/C16H25NO2S2.CH4/c1-12(2)16(18)19-11-14-7-5-6-8-15(14)21-20-10-9-17-13(3)4;/h5-8,12-13,17H,9-11H2,1-4H3;1H4. The van der Waals surface area contributed by atoms with Crippen molar-refractivity contribution in [3.8, 4) is 0 Å². The zero-order chi connectivity index (χ0) is 15.7. The van der Waals surface area contributed by atoms with Crippen LogP contribution < -0.4 is 5.32 Å². The van der Waals surface area contributed by atoms with E-state index in [4.69, 9.17) is 4.74 Å². The number of nitrogens with one attached hydrogen (secondary N) is 1. The second-order valence-corrected chi connectivity index (χ2v) is 7.84. The monoisotopic (exact) mass is 343 g/mol. The first-order valence-corrected chi connectivity index (χ1v) is 9.60. The molecule has 0 amide bonds. The van der Waals surface area contributed by atoms with E-state index in [2.05, 4.69) is 25.2 Å². The van der Waals surface area contributed by atoms with Crippen molar-refractivity contribution in [1.82, 2.24) is 5.32 Å². The summed E-state index contributed by atoms with van der Waals surface area (Å²) in [6.45, 7) is 9.35. The van der Waals surface area contributed by atoms with Gasteiger partial charge in [-0.2, -0.15) is 0 Å². The smallest absolute Gasteiger partial charge is 0.308 e. The molecule has 1 aromatic rings. The highest BCUT2D eigenvalue weighted by atomic mass is 33.1. The van der Waals surface area contributed by atoms with Crippen molar-refractivity contribution in [3.05, 3.63) is 29.8 Å². The van der Waals surface area contributed by atoms with Crippen LogP contribution >= 0.6 is 21.6 Å². The van der Waals surface area contributed by atoms with E-state index >= 15 is 0 Å². The van der Waals surface area contributed by atoms with Crippen LogP contribution in [0.2, 0.25) is 0 Å². The molecule has 0 bridgehead atoms. The third-order valence-corrected chi connectivity index (χ3v) is 5.16. The van der Waals surface area contributed by atoms with Gasteiger partial charge in [0, 0.05) is 28.8 Å². The number of esters is 1. The Labute approximate surface area is 143 Å². The van der Waals surface area contributed by atoms with E-state index in [1.54, 1.807) is 10.8 Å². The fourth-order valence-corrected chi connectivity index (χ4v) is 3.66. The lowest BCUT2D eigenvalue weighted by molar-refractivity contribution is -0.148. The maximum absolute atomic E-state index is 11.5. The van der Waals surface area contributed by atoms with Gasteiger partial charge in [-0.05, 0) is 6.07 Å². The van der Waals surface area contributed by atoms with Crippen LogP contribution in [0.15, 0.2) is 29.2 Å². The summed E-state index contributed by atoms with van der Waals surface area (Å²) >= 11 is 0. The van der Waals surface area contributed by atoms with Gasteiger partial charge in [-0.3, -0.25) is 4.79 Å². The van der Waals surface area contributed by atoms with E-state index in [1.807, 2.05) is 42.8 Å². The van der Waals surface area contributed by atoms with Crippen molar-refractivity contribution in [2.45, 2.75) is 52.7 Å². The van der Waals surface area contributed by atoms with Crippen molar-refractivity contribution in [1.29, 1.82) is 0 Å². The molecule has 5 heteroatoms. The average molecular weight is 344 g/mol. The van der Waals surface area contributed by atoms with E-state index in [1.165, 1.54) is 4.90 Å². The van der Waals surface area contributed by atoms with Crippen LogP contribution in [0.1, 0.15) is 40.7 Å². The molecule has 1 aromatic carbocycles. The number of rotatable bonds is 9. The Bertz CT molecular complexity index is 436. The van der Waals surface area contributed by atoms with Crippen molar-refractivity contribution in [2.75, 3.05) is 12.3 Å². The Balaban J connectivity index is 0.00000441. The Hall–Kier alpha value is -0.650. The summed E-state index contributed by atoms with van der Waals surface area (Å²) in [5.41, 5.74) is 1.07. The fourth-order valence-electron chi connectivity index (χ4n) is 1.51. The van der Waals surface area contributed by atoms with Crippen LogP contribution in [0.3, 0.4) is 0 Å². The molecule has 0 fully saturated rings. The highest BCUT2D eigenvalue weighted by Gasteiger charge is 2.10. The van der Waals surface area contributed by atoms with E-state index in [-0.39, 0.29) is 19.3 Å². The summed E-state index contributed by atoms with van der Waals surface area (Å²) in [7, 11) is 3.56. The average Bonchev–Trinajstić information content (AvgIpc) is 2.45. The molecule has 0 aromatic heterocycles. The van der Waals surface area contributed by atoms with Gasteiger partial charge in [-0.1, -0.05) is 74.9 Å². The van der Waals surface area contributed by atoms with Crippen LogP contribution in [0.5, 0.6) is 0 Å². The molecule has 0 saturated heterocycles. The minimum atomic E-state index is -0.149. The lowest BCUT2D eigenvalue weighted by Crippen LogP contribution is -2.24. The first-order chi connectivity index (χ1) is 10.0. The molecule has 0 aliphatic rings. The lowest BCUT2D eigenvalue weighted by atomic mass is 10.2. The van der Waals surface area contributed by atoms with Crippen LogP contribution in [0.4, 0.5) is 0 Å². The molecular formula is C17H29NO2S2. The summed E-state index contributed by atoms with van der Waals surface area (Å²) in [6.07, 6.45) is 0. The molecule has 0 saturated carbocycles. The summed E-state index contributed by atoms with van der Waals surface area (Å²) < 4.78 is 5.32. The summed E-state index contributed by atoms with van der Waals surface area (Å²) in [5.74, 6) is 0.813. The van der Waals surface area contributed by atoms with Crippen molar-refractivity contribution < 1.29 is 9.53 Å². The number of benzene rings is 1. The SMILES string of the molecule is C.CC(C)NCCSSc1ccccc1COC(=O)C(C)C. The predicted octanol–water partition coefficient (Wildman–Crippen LogP) is 4.76. The third kappa shape index (κ3) is 8.71. The second kappa shape index (κ2) is 11.9. The van der Waals surface area contributed by atoms with E-state index < -0.39 is 0 Å². The third-order valence-electron chi connectivity index (χ3n) is 2.70. The zero-order valence-corrected chi connectivity index (χ0v) is 14.9. The van der Waals surface area contributed by atoms with Crippen molar-refractivity contribution in [3.63, 3.8) is 0 Å². The molecule has 0 atom stereocenters. The topological polar surface area (TPSA) is 38.3 Å². The molecule has 0 aliphatic heterocycles. The van der Waals surface area contributed by atoms with Crippen molar-refractivity contribution >= 4 is 27.6 Å². The van der Waals surface area contributed by atoms with Gasteiger partial charge in [-0.15, -0.1) is 0 Å². The van der Waals surface area contributed by atoms with Gasteiger partial charge >= 0.3 is 5.97 Å². The predicted molar refractivity (Wildman–Crippen MR) is 99.3 cm³/mol. The molecule has 0 aliphatic carbocycles. The molecule has 0 heterocycles. The number of carbonyl (C=O) groups excluding carboxylic acids is 1. The normalized spacial score (nSPS) is 10.6. The van der Waals surface area contributed by atoms with E-state index in [9.17, 15) is 4.79 Å². The number of hydrogen-bond donors (Lipinski definition) is 1. The molecule has 0 radical (unpaired) electrons. The summed E-state index contributed by atoms with van der Waals surface area (Å²) in [4.78, 5) is 12.7. The number of carbonyl (C=O) groups is 1. The minimum Gasteiger partial charge on any atom is -0.461 e. The number of ether oxygens (including phenoxy) is 1. The molecule has 0 unspecified atom stereocenters. The highest BCUT2D eigenvalue weighted by molar-refractivity contribution is 8.76. The van der Waals surface area contributed by atoms with Gasteiger partial charge in [0.2, 0.25) is 0 Å². The van der Waals surface area contributed by atoms with Gasteiger partial charge in [0.25, 0.3) is 0 Å². The van der Waals surface area contributed by atoms with Crippen LogP contribution in [-0.4, -0.2) is 24.3 Å². The largest absolute Gasteiger partial charge is 0.461 e. The molecule has 126 valence electrons. The Kier molecular flexibility index (Phi) is 11.5. The number of hydrogen-bond acceptors (Lipinski definition) is 5. The Morgan fingerprint density at radius 3 is 2.55 bits per heavy atom. The minimum absolute atomic E-state index is 0. The summed E-state index contributed by atoms with van der Waals surface area (Å²) in [5, 5.41) is 3.40.